The van der Waals surface area contributed by atoms with E-state index in [0.29, 0.717) is 28.5 Å². The second-order valence-electron chi connectivity index (χ2n) is 4.42. The zero-order valence-electron chi connectivity index (χ0n) is 9.97. The SMILES string of the molecule is Cc1nc(N)sc1C(=O)NC1CCCC1C(=O)O. The van der Waals surface area contributed by atoms with Crippen LogP contribution in [0, 0.1) is 12.8 Å². The van der Waals surface area contributed by atoms with Gasteiger partial charge in [-0.15, -0.1) is 0 Å². The predicted molar refractivity (Wildman–Crippen MR) is 67.5 cm³/mol. The van der Waals surface area contributed by atoms with E-state index in [9.17, 15) is 9.59 Å². The van der Waals surface area contributed by atoms with Crippen molar-refractivity contribution in [1.29, 1.82) is 0 Å². The van der Waals surface area contributed by atoms with Crippen molar-refractivity contribution in [2.45, 2.75) is 32.2 Å². The topological polar surface area (TPSA) is 105 Å². The van der Waals surface area contributed by atoms with Gasteiger partial charge in [-0.2, -0.15) is 0 Å². The fourth-order valence-electron chi connectivity index (χ4n) is 2.29. The smallest absolute Gasteiger partial charge is 0.308 e. The summed E-state index contributed by atoms with van der Waals surface area (Å²) in [4.78, 5) is 27.5. The zero-order valence-corrected chi connectivity index (χ0v) is 10.8. The molecule has 4 N–H and O–H groups in total. The number of rotatable bonds is 3. The van der Waals surface area contributed by atoms with Crippen molar-refractivity contribution >= 4 is 28.3 Å². The molecular formula is C11H15N3O3S. The van der Waals surface area contributed by atoms with Gasteiger partial charge in [0.2, 0.25) is 0 Å². The van der Waals surface area contributed by atoms with Crippen LogP contribution in [-0.2, 0) is 4.79 Å². The average molecular weight is 269 g/mol. The van der Waals surface area contributed by atoms with Gasteiger partial charge >= 0.3 is 5.97 Å². The number of carboxylic acid groups (broad SMARTS) is 1. The highest BCUT2D eigenvalue weighted by molar-refractivity contribution is 7.17. The molecule has 1 heterocycles. The lowest BCUT2D eigenvalue weighted by Gasteiger charge is -2.17. The minimum absolute atomic E-state index is 0.278. The molecule has 7 heteroatoms. The molecule has 98 valence electrons. The number of nitrogens with one attached hydrogen (secondary N) is 1. The molecule has 0 spiro atoms. The number of carboxylic acids is 1. The van der Waals surface area contributed by atoms with Gasteiger partial charge in [-0.25, -0.2) is 4.98 Å². The maximum absolute atomic E-state index is 12.0. The van der Waals surface area contributed by atoms with E-state index in [1.54, 1.807) is 6.92 Å². The van der Waals surface area contributed by atoms with E-state index in [2.05, 4.69) is 10.3 Å². The molecule has 2 atom stereocenters. The number of thiazole rings is 1. The number of nitrogens with two attached hydrogens (primary N) is 1. The third-order valence-corrected chi connectivity index (χ3v) is 4.15. The van der Waals surface area contributed by atoms with Crippen molar-refractivity contribution in [1.82, 2.24) is 10.3 Å². The first kappa shape index (κ1) is 12.8. The minimum Gasteiger partial charge on any atom is -0.481 e. The number of hydrogen-bond acceptors (Lipinski definition) is 5. The number of aryl methyl sites for hydroxylation is 1. The van der Waals surface area contributed by atoms with Crippen LogP contribution in [-0.4, -0.2) is 28.0 Å². The van der Waals surface area contributed by atoms with Crippen LogP contribution in [0.4, 0.5) is 5.13 Å². The Hall–Kier alpha value is -1.63. The van der Waals surface area contributed by atoms with Crippen LogP contribution < -0.4 is 11.1 Å². The number of aromatic nitrogens is 1. The Labute approximate surface area is 108 Å². The van der Waals surface area contributed by atoms with E-state index >= 15 is 0 Å². The monoisotopic (exact) mass is 269 g/mol. The van der Waals surface area contributed by atoms with Gasteiger partial charge < -0.3 is 16.2 Å². The fraction of sp³-hybridized carbons (Fsp3) is 0.545. The molecular weight excluding hydrogens is 254 g/mol. The van der Waals surface area contributed by atoms with Crippen molar-refractivity contribution in [3.63, 3.8) is 0 Å². The molecule has 1 fully saturated rings. The van der Waals surface area contributed by atoms with Gasteiger partial charge in [-0.1, -0.05) is 17.8 Å². The first-order valence-corrected chi connectivity index (χ1v) is 6.57. The van der Waals surface area contributed by atoms with Crippen LogP contribution in [0.3, 0.4) is 0 Å². The standard InChI is InChI=1S/C11H15N3O3S/c1-5-8(18-11(12)13-5)9(15)14-7-4-2-3-6(7)10(16)17/h6-7H,2-4H2,1H3,(H2,12,13)(H,14,15)(H,16,17). The predicted octanol–water partition coefficient (Wildman–Crippen LogP) is 1.02. The fourth-order valence-corrected chi connectivity index (χ4v) is 3.03. The number of carbonyl (C=O) groups is 2. The third-order valence-electron chi connectivity index (χ3n) is 3.17. The van der Waals surface area contributed by atoms with E-state index in [4.69, 9.17) is 10.8 Å². The molecule has 1 aromatic heterocycles. The second kappa shape index (κ2) is 4.93. The Kier molecular flexibility index (Phi) is 3.51. The largest absolute Gasteiger partial charge is 0.481 e. The summed E-state index contributed by atoms with van der Waals surface area (Å²) in [5.41, 5.74) is 6.12. The summed E-state index contributed by atoms with van der Waals surface area (Å²) in [5, 5.41) is 12.2. The lowest BCUT2D eigenvalue weighted by atomic mass is 10.0. The molecule has 1 aromatic rings. The number of nitrogens with zero attached hydrogens (tertiary/aromatic N) is 1. The lowest BCUT2D eigenvalue weighted by Crippen LogP contribution is -2.40. The molecule has 0 aromatic carbocycles. The number of hydrogen-bond donors (Lipinski definition) is 3. The first-order chi connectivity index (χ1) is 8.49. The molecule has 0 radical (unpaired) electrons. The van der Waals surface area contributed by atoms with Crippen LogP contribution in [0.25, 0.3) is 0 Å². The van der Waals surface area contributed by atoms with Crippen molar-refractivity contribution in [3.05, 3.63) is 10.6 Å². The highest BCUT2D eigenvalue weighted by Gasteiger charge is 2.34. The highest BCUT2D eigenvalue weighted by Crippen LogP contribution is 2.27. The molecule has 2 unspecified atom stereocenters. The average Bonchev–Trinajstić information content (AvgIpc) is 2.85. The van der Waals surface area contributed by atoms with Crippen LogP contribution in [0.2, 0.25) is 0 Å². The summed E-state index contributed by atoms with van der Waals surface area (Å²) in [6.07, 6.45) is 2.14. The normalized spacial score (nSPS) is 22.9. The maximum Gasteiger partial charge on any atom is 0.308 e. The van der Waals surface area contributed by atoms with Crippen molar-refractivity contribution in [2.75, 3.05) is 5.73 Å². The number of carbonyl (C=O) groups excluding carboxylic acids is 1. The van der Waals surface area contributed by atoms with Crippen molar-refractivity contribution < 1.29 is 14.7 Å². The Morgan fingerprint density at radius 2 is 2.22 bits per heavy atom. The third kappa shape index (κ3) is 2.45. The molecule has 1 aliphatic carbocycles. The van der Waals surface area contributed by atoms with E-state index in [1.807, 2.05) is 0 Å². The Balaban J connectivity index is 2.07. The first-order valence-electron chi connectivity index (χ1n) is 5.75. The number of amides is 1. The molecule has 1 aliphatic rings. The van der Waals surface area contributed by atoms with Crippen molar-refractivity contribution in [2.24, 2.45) is 5.92 Å². The summed E-state index contributed by atoms with van der Waals surface area (Å²) >= 11 is 1.12. The van der Waals surface area contributed by atoms with Crippen molar-refractivity contribution in [3.8, 4) is 0 Å². The molecule has 0 aliphatic heterocycles. The van der Waals surface area contributed by atoms with Gasteiger partial charge in [-0.05, 0) is 19.8 Å². The number of aliphatic carboxylic acids is 1. The van der Waals surface area contributed by atoms with E-state index < -0.39 is 11.9 Å². The number of anilines is 1. The number of nitrogen functional groups attached to an aromatic ring is 1. The lowest BCUT2D eigenvalue weighted by molar-refractivity contribution is -0.142. The zero-order chi connectivity index (χ0) is 13.3. The minimum atomic E-state index is -0.849. The summed E-state index contributed by atoms with van der Waals surface area (Å²) < 4.78 is 0. The van der Waals surface area contributed by atoms with Crippen LogP contribution in [0.15, 0.2) is 0 Å². The summed E-state index contributed by atoms with van der Waals surface area (Å²) in [5.74, 6) is -1.61. The molecule has 6 nitrogen and oxygen atoms in total. The van der Waals surface area contributed by atoms with Gasteiger partial charge in [-0.3, -0.25) is 9.59 Å². The van der Waals surface area contributed by atoms with Gasteiger partial charge in [0.05, 0.1) is 11.6 Å². The summed E-state index contributed by atoms with van der Waals surface area (Å²) in [7, 11) is 0. The second-order valence-corrected chi connectivity index (χ2v) is 5.45. The van der Waals surface area contributed by atoms with Gasteiger partial charge in [0.1, 0.15) is 4.88 Å². The van der Waals surface area contributed by atoms with Crippen LogP contribution in [0.1, 0.15) is 34.6 Å². The van der Waals surface area contributed by atoms with Gasteiger partial charge in [0, 0.05) is 6.04 Å². The van der Waals surface area contributed by atoms with Crippen LogP contribution in [0.5, 0.6) is 0 Å². The molecule has 2 rings (SSSR count). The van der Waals surface area contributed by atoms with Crippen LogP contribution >= 0.6 is 11.3 Å². The Bertz CT molecular complexity index is 486. The van der Waals surface area contributed by atoms with E-state index in [-0.39, 0.29) is 11.9 Å². The maximum atomic E-state index is 12.0. The van der Waals surface area contributed by atoms with Gasteiger partial charge in [0.25, 0.3) is 5.91 Å². The molecule has 1 amide bonds. The summed E-state index contributed by atoms with van der Waals surface area (Å²) in [6, 6.07) is -0.294. The van der Waals surface area contributed by atoms with Gasteiger partial charge in [0.15, 0.2) is 5.13 Å². The quantitative estimate of drug-likeness (QED) is 0.759. The Morgan fingerprint density at radius 1 is 1.50 bits per heavy atom. The highest BCUT2D eigenvalue weighted by atomic mass is 32.1. The molecule has 0 saturated heterocycles. The molecule has 1 saturated carbocycles. The summed E-state index contributed by atoms with van der Waals surface area (Å²) in [6.45, 7) is 1.71. The molecule has 18 heavy (non-hydrogen) atoms. The Morgan fingerprint density at radius 3 is 2.78 bits per heavy atom. The van der Waals surface area contributed by atoms with E-state index in [1.165, 1.54) is 0 Å². The molecule has 0 bridgehead atoms. The van der Waals surface area contributed by atoms with E-state index in [0.717, 1.165) is 17.8 Å².